The molecule has 5 nitrogen and oxygen atoms in total. The highest BCUT2D eigenvalue weighted by Gasteiger charge is 2.25. The molecule has 0 spiro atoms. The summed E-state index contributed by atoms with van der Waals surface area (Å²) in [4.78, 5) is 23.9. The van der Waals surface area contributed by atoms with Crippen molar-refractivity contribution in [1.29, 1.82) is 0 Å². The van der Waals surface area contributed by atoms with Crippen molar-refractivity contribution in [3.63, 3.8) is 0 Å². The zero-order valence-corrected chi connectivity index (χ0v) is 15.6. The predicted molar refractivity (Wildman–Crippen MR) is 102 cm³/mol. The molecule has 1 amide bonds. The molecule has 3 rings (SSSR count). The number of fused-ring (bicyclic) bond motifs is 1. The first-order chi connectivity index (χ1) is 12.5. The third kappa shape index (κ3) is 3.58. The van der Waals surface area contributed by atoms with E-state index in [0.29, 0.717) is 12.2 Å². The number of pyridine rings is 2. The molecule has 0 aliphatic carbocycles. The molecule has 1 unspecified atom stereocenters. The van der Waals surface area contributed by atoms with Gasteiger partial charge in [-0.1, -0.05) is 17.7 Å². The zero-order valence-electron chi connectivity index (χ0n) is 15.6. The van der Waals surface area contributed by atoms with Crippen LogP contribution in [-0.2, 0) is 4.74 Å². The van der Waals surface area contributed by atoms with Gasteiger partial charge in [-0.15, -0.1) is 0 Å². The summed E-state index contributed by atoms with van der Waals surface area (Å²) in [5.41, 5.74) is 4.15. The Hall–Kier alpha value is -2.79. The number of hydrogen-bond donors (Lipinski definition) is 0. The topological polar surface area (TPSA) is 55.3 Å². The fourth-order valence-corrected chi connectivity index (χ4v) is 3.07. The molecule has 0 saturated carbocycles. The van der Waals surface area contributed by atoms with Crippen LogP contribution in [-0.4, -0.2) is 41.5 Å². The first-order valence-corrected chi connectivity index (χ1v) is 8.56. The molecule has 0 aliphatic rings. The number of amides is 1. The van der Waals surface area contributed by atoms with Gasteiger partial charge in [-0.3, -0.25) is 14.8 Å². The number of ether oxygens (including phenoxy) is 1. The van der Waals surface area contributed by atoms with Gasteiger partial charge >= 0.3 is 0 Å². The highest BCUT2D eigenvalue weighted by atomic mass is 16.5. The largest absolute Gasteiger partial charge is 0.382 e. The molecule has 3 aromatic rings. The molecule has 0 radical (unpaired) electrons. The molecule has 0 aliphatic heterocycles. The van der Waals surface area contributed by atoms with Crippen molar-refractivity contribution in [2.24, 2.45) is 0 Å². The Morgan fingerprint density at radius 1 is 1.19 bits per heavy atom. The Kier molecular flexibility index (Phi) is 5.28. The van der Waals surface area contributed by atoms with Gasteiger partial charge in [0.1, 0.15) is 0 Å². The van der Waals surface area contributed by atoms with Crippen molar-refractivity contribution in [3.05, 3.63) is 71.2 Å². The standard InChI is InChI=1S/C21H23N3O2/c1-14-8-9-18-16(11-14)12-17(15(2)23-18)21(25)24(3)20(13-26-4)19-7-5-6-10-22-19/h5-12,20H,13H2,1-4H3. The Balaban J connectivity index is 1.98. The summed E-state index contributed by atoms with van der Waals surface area (Å²) in [5.74, 6) is -0.0916. The molecule has 0 bridgehead atoms. The van der Waals surface area contributed by atoms with Crippen LogP contribution in [0.4, 0.5) is 0 Å². The van der Waals surface area contributed by atoms with E-state index in [-0.39, 0.29) is 11.9 Å². The molecular weight excluding hydrogens is 326 g/mol. The van der Waals surface area contributed by atoms with Crippen molar-refractivity contribution >= 4 is 16.8 Å². The summed E-state index contributed by atoms with van der Waals surface area (Å²) < 4.78 is 5.33. The van der Waals surface area contributed by atoms with Gasteiger partial charge < -0.3 is 9.64 Å². The number of aromatic nitrogens is 2. The Morgan fingerprint density at radius 2 is 2.00 bits per heavy atom. The van der Waals surface area contributed by atoms with E-state index in [4.69, 9.17) is 4.74 Å². The number of aryl methyl sites for hydroxylation is 2. The Morgan fingerprint density at radius 3 is 2.69 bits per heavy atom. The second kappa shape index (κ2) is 7.62. The maximum Gasteiger partial charge on any atom is 0.256 e. The van der Waals surface area contributed by atoms with E-state index in [0.717, 1.165) is 27.9 Å². The molecule has 134 valence electrons. The molecule has 1 atom stereocenters. The van der Waals surface area contributed by atoms with Crippen molar-refractivity contribution in [2.45, 2.75) is 19.9 Å². The van der Waals surface area contributed by atoms with Crippen LogP contribution in [0.25, 0.3) is 10.9 Å². The molecule has 0 fully saturated rings. The summed E-state index contributed by atoms with van der Waals surface area (Å²) >= 11 is 0. The fraction of sp³-hybridized carbons (Fsp3) is 0.286. The third-order valence-electron chi connectivity index (χ3n) is 4.53. The number of carbonyl (C=O) groups is 1. The van der Waals surface area contributed by atoms with E-state index in [2.05, 4.69) is 9.97 Å². The SMILES string of the molecule is COCC(c1ccccn1)N(C)C(=O)c1cc2cc(C)ccc2nc1C. The number of nitrogens with zero attached hydrogens (tertiary/aromatic N) is 3. The average molecular weight is 349 g/mol. The van der Waals surface area contributed by atoms with Gasteiger partial charge in [0, 0.05) is 25.7 Å². The summed E-state index contributed by atoms with van der Waals surface area (Å²) in [7, 11) is 3.40. The second-order valence-electron chi connectivity index (χ2n) is 6.46. The fourth-order valence-electron chi connectivity index (χ4n) is 3.07. The number of hydrogen-bond acceptors (Lipinski definition) is 4. The first kappa shape index (κ1) is 18.0. The quantitative estimate of drug-likeness (QED) is 0.705. The van der Waals surface area contributed by atoms with Gasteiger partial charge in [0.25, 0.3) is 5.91 Å². The van der Waals surface area contributed by atoms with Gasteiger partial charge in [-0.25, -0.2) is 0 Å². The minimum absolute atomic E-state index is 0.0916. The van der Waals surface area contributed by atoms with Gasteiger partial charge in [0.05, 0.1) is 35.1 Å². The van der Waals surface area contributed by atoms with E-state index in [1.54, 1.807) is 25.3 Å². The Bertz CT molecular complexity index is 925. The van der Waals surface area contributed by atoms with Crippen LogP contribution < -0.4 is 0 Å². The van der Waals surface area contributed by atoms with Crippen molar-refractivity contribution in [2.75, 3.05) is 20.8 Å². The van der Waals surface area contributed by atoms with E-state index < -0.39 is 0 Å². The minimum Gasteiger partial charge on any atom is -0.382 e. The summed E-state index contributed by atoms with van der Waals surface area (Å²) in [6.07, 6.45) is 1.72. The summed E-state index contributed by atoms with van der Waals surface area (Å²) in [6, 6.07) is 13.4. The molecule has 2 heterocycles. The zero-order chi connectivity index (χ0) is 18.7. The van der Waals surface area contributed by atoms with Crippen LogP contribution in [0.15, 0.2) is 48.7 Å². The van der Waals surface area contributed by atoms with Gasteiger partial charge in [-0.2, -0.15) is 0 Å². The molecule has 26 heavy (non-hydrogen) atoms. The summed E-state index contributed by atoms with van der Waals surface area (Å²) in [6.45, 7) is 4.27. The molecular formula is C21H23N3O2. The van der Waals surface area contributed by atoms with Crippen LogP contribution in [0, 0.1) is 13.8 Å². The lowest BCUT2D eigenvalue weighted by molar-refractivity contribution is 0.0594. The highest BCUT2D eigenvalue weighted by molar-refractivity contribution is 5.98. The number of likely N-dealkylation sites (N-methyl/N-ethyl adjacent to an activating group) is 1. The highest BCUT2D eigenvalue weighted by Crippen LogP contribution is 2.23. The first-order valence-electron chi connectivity index (χ1n) is 8.56. The number of methoxy groups -OCH3 is 1. The Labute approximate surface area is 153 Å². The van der Waals surface area contributed by atoms with Crippen LogP contribution >= 0.6 is 0 Å². The second-order valence-corrected chi connectivity index (χ2v) is 6.46. The van der Waals surface area contributed by atoms with Crippen LogP contribution in [0.5, 0.6) is 0 Å². The maximum absolute atomic E-state index is 13.2. The average Bonchev–Trinajstić information content (AvgIpc) is 2.65. The molecule has 0 saturated heterocycles. The van der Waals surface area contributed by atoms with Gasteiger partial charge in [-0.05, 0) is 44.2 Å². The summed E-state index contributed by atoms with van der Waals surface area (Å²) in [5, 5.41) is 0.966. The van der Waals surface area contributed by atoms with Crippen molar-refractivity contribution in [3.8, 4) is 0 Å². The predicted octanol–water partition coefficient (Wildman–Crippen LogP) is 3.71. The van der Waals surface area contributed by atoms with E-state index in [1.807, 2.05) is 56.3 Å². The number of benzene rings is 1. The van der Waals surface area contributed by atoms with Crippen LogP contribution in [0.3, 0.4) is 0 Å². The molecule has 0 N–H and O–H groups in total. The lowest BCUT2D eigenvalue weighted by atomic mass is 10.1. The third-order valence-corrected chi connectivity index (χ3v) is 4.53. The van der Waals surface area contributed by atoms with Crippen LogP contribution in [0.2, 0.25) is 0 Å². The number of rotatable bonds is 5. The van der Waals surface area contributed by atoms with E-state index in [1.165, 1.54) is 0 Å². The smallest absolute Gasteiger partial charge is 0.256 e. The maximum atomic E-state index is 13.2. The van der Waals surface area contributed by atoms with Gasteiger partial charge in [0.2, 0.25) is 0 Å². The lowest BCUT2D eigenvalue weighted by Crippen LogP contribution is -2.34. The molecule has 1 aromatic carbocycles. The number of carbonyl (C=O) groups excluding carboxylic acids is 1. The van der Waals surface area contributed by atoms with E-state index in [9.17, 15) is 4.79 Å². The monoisotopic (exact) mass is 349 g/mol. The van der Waals surface area contributed by atoms with Crippen molar-refractivity contribution in [1.82, 2.24) is 14.9 Å². The minimum atomic E-state index is -0.263. The van der Waals surface area contributed by atoms with Crippen LogP contribution in [0.1, 0.15) is 33.4 Å². The normalized spacial score (nSPS) is 12.2. The molecule has 5 heteroatoms. The van der Waals surface area contributed by atoms with Crippen molar-refractivity contribution < 1.29 is 9.53 Å². The lowest BCUT2D eigenvalue weighted by Gasteiger charge is -2.27. The van der Waals surface area contributed by atoms with Gasteiger partial charge in [0.15, 0.2) is 0 Å². The van der Waals surface area contributed by atoms with E-state index >= 15 is 0 Å². The molecule has 2 aromatic heterocycles.